The standard InChI is InChI=1S/C73H62BN3O/c1-70(2,3)45-29-35-48(36-30-45)75(49-37-31-46(32-38-49)71(4,5)6)51-41-42-54-56-44-57-55-21-12-17-28-65(55)78-69(57)68-66(56)74(77(64(54)43-51)50-39-33-47(34-40-50)72(7,8)9)62-26-18-25-61-67(62)76(68)63-27-16-15-24-60(63)73(61)58-22-13-10-19-52(58)53-20-11-14-23-59(53)73/h10-44H,1-9H3. The molecular weight excluding hydrogens is 946 g/mol. The maximum Gasteiger partial charge on any atom is 0.333 e. The summed E-state index contributed by atoms with van der Waals surface area (Å²) in [6, 6.07) is 80.9. The Labute approximate surface area is 459 Å². The predicted octanol–water partition coefficient (Wildman–Crippen LogP) is 18.3. The van der Waals surface area contributed by atoms with Crippen LogP contribution >= 0.6 is 0 Å². The fourth-order valence-electron chi connectivity index (χ4n) is 13.9. The zero-order valence-corrected chi connectivity index (χ0v) is 46.0. The van der Waals surface area contributed by atoms with E-state index in [2.05, 4.69) is 289 Å². The molecule has 0 radical (unpaired) electrons. The lowest BCUT2D eigenvalue weighted by atomic mass is 9.42. The Hall–Kier alpha value is -8.54. The van der Waals surface area contributed by atoms with E-state index < -0.39 is 5.41 Å². The van der Waals surface area contributed by atoms with Gasteiger partial charge in [0.2, 0.25) is 0 Å². The molecule has 0 unspecified atom stereocenters. The first-order valence-corrected chi connectivity index (χ1v) is 27.9. The zero-order valence-electron chi connectivity index (χ0n) is 46.0. The molecule has 1 spiro atoms. The molecule has 10 aromatic carbocycles. The molecule has 11 aromatic rings. The highest BCUT2D eigenvalue weighted by Crippen LogP contribution is 2.65. The molecule has 0 N–H and O–H groups in total. The lowest BCUT2D eigenvalue weighted by Gasteiger charge is -2.51. The molecule has 0 amide bonds. The van der Waals surface area contributed by atoms with Crippen molar-refractivity contribution in [3.63, 3.8) is 0 Å². The number of furan rings is 1. The van der Waals surface area contributed by atoms with Gasteiger partial charge in [-0.3, -0.25) is 0 Å². The summed E-state index contributed by atoms with van der Waals surface area (Å²) in [5.74, 6) is 0. The van der Waals surface area contributed by atoms with Crippen LogP contribution in [0, 0.1) is 0 Å². The van der Waals surface area contributed by atoms with Crippen LogP contribution in [-0.4, -0.2) is 6.85 Å². The van der Waals surface area contributed by atoms with Crippen molar-refractivity contribution in [1.29, 1.82) is 0 Å². The molecule has 3 aliphatic heterocycles. The van der Waals surface area contributed by atoms with Crippen molar-refractivity contribution in [2.24, 2.45) is 0 Å². The summed E-state index contributed by atoms with van der Waals surface area (Å²) in [5, 5.41) is 2.23. The maximum absolute atomic E-state index is 7.30. The van der Waals surface area contributed by atoms with Gasteiger partial charge >= 0.3 is 6.85 Å². The maximum atomic E-state index is 7.30. The minimum Gasteiger partial charge on any atom is -0.454 e. The second-order valence-corrected chi connectivity index (χ2v) is 25.3. The molecule has 0 saturated heterocycles. The second kappa shape index (κ2) is 16.3. The minimum absolute atomic E-state index is 0.0169. The number of fused-ring (bicyclic) bond motifs is 17. The third kappa shape index (κ3) is 6.48. The second-order valence-electron chi connectivity index (χ2n) is 25.3. The van der Waals surface area contributed by atoms with Crippen molar-refractivity contribution >= 4 is 85.2 Å². The van der Waals surface area contributed by atoms with Crippen LogP contribution in [0.4, 0.5) is 45.5 Å². The number of rotatable bonds is 4. The summed E-state index contributed by atoms with van der Waals surface area (Å²) in [4.78, 5) is 7.74. The van der Waals surface area contributed by atoms with Crippen molar-refractivity contribution in [3.8, 4) is 22.3 Å². The molecule has 4 aliphatic rings. The SMILES string of the molecule is CC(C)(C)c1ccc(N2B3c4cccc5c4N(c4ccccc4C54c5ccccc5-c5ccccc54)c4c3c(cc3c4oc4ccccc43)-c3ccc(N(c4ccc(C(C)(C)C)cc4)c4ccc(C(C)(C)C)cc4)cc32)cc1. The summed E-state index contributed by atoms with van der Waals surface area (Å²) < 4.78 is 7.30. The number of hydrogen-bond acceptors (Lipinski definition) is 4. The van der Waals surface area contributed by atoms with Crippen LogP contribution in [0.2, 0.25) is 0 Å². The number of para-hydroxylation sites is 3. The van der Waals surface area contributed by atoms with Crippen molar-refractivity contribution in [2.45, 2.75) is 84.0 Å². The summed E-state index contributed by atoms with van der Waals surface area (Å²) >= 11 is 0. The average Bonchev–Trinajstić information content (AvgIpc) is 2.14. The fraction of sp³-hybridized carbons (Fsp3) is 0.178. The summed E-state index contributed by atoms with van der Waals surface area (Å²) in [6.07, 6.45) is 0. The topological polar surface area (TPSA) is 22.9 Å². The summed E-state index contributed by atoms with van der Waals surface area (Å²) in [6.45, 7) is 20.4. The normalized spacial score (nSPS) is 14.5. The van der Waals surface area contributed by atoms with Gasteiger partial charge in [0.1, 0.15) is 5.58 Å². The summed E-state index contributed by atoms with van der Waals surface area (Å²) in [5.41, 5.74) is 26.9. The highest BCUT2D eigenvalue weighted by molar-refractivity contribution is 6.94. The van der Waals surface area contributed by atoms with Gasteiger partial charge in [-0.15, -0.1) is 0 Å². The molecule has 1 aromatic heterocycles. The Morgan fingerprint density at radius 3 is 1.55 bits per heavy atom. The summed E-state index contributed by atoms with van der Waals surface area (Å²) in [7, 11) is 0. The Balaban J connectivity index is 1.06. The van der Waals surface area contributed by atoms with Crippen molar-refractivity contribution in [3.05, 3.63) is 251 Å². The third-order valence-electron chi connectivity index (χ3n) is 17.7. The number of anilines is 8. The van der Waals surface area contributed by atoms with Crippen molar-refractivity contribution in [1.82, 2.24) is 0 Å². The lowest BCUT2D eigenvalue weighted by Crippen LogP contribution is -2.62. The van der Waals surface area contributed by atoms with Gasteiger partial charge in [0.05, 0.1) is 16.8 Å². The third-order valence-corrected chi connectivity index (χ3v) is 17.7. The minimum atomic E-state index is -0.585. The van der Waals surface area contributed by atoms with Crippen LogP contribution in [0.25, 0.3) is 44.2 Å². The molecule has 0 fully saturated rings. The van der Waals surface area contributed by atoms with Crippen molar-refractivity contribution < 1.29 is 4.42 Å². The highest BCUT2D eigenvalue weighted by atomic mass is 16.3. The molecule has 0 bridgehead atoms. The van der Waals surface area contributed by atoms with E-state index in [1.54, 1.807) is 0 Å². The fourth-order valence-corrected chi connectivity index (χ4v) is 13.9. The van der Waals surface area contributed by atoms with Crippen LogP contribution in [0.5, 0.6) is 0 Å². The molecular formula is C73H62BN3O. The molecule has 378 valence electrons. The highest BCUT2D eigenvalue weighted by Gasteiger charge is 2.56. The first-order valence-electron chi connectivity index (χ1n) is 27.9. The molecule has 5 heteroatoms. The van der Waals surface area contributed by atoms with Gasteiger partial charge in [-0.25, -0.2) is 0 Å². The molecule has 0 saturated carbocycles. The molecule has 1 aliphatic carbocycles. The zero-order chi connectivity index (χ0) is 53.2. The van der Waals surface area contributed by atoms with E-state index in [-0.39, 0.29) is 23.1 Å². The largest absolute Gasteiger partial charge is 0.454 e. The number of benzene rings is 10. The van der Waals surface area contributed by atoms with Crippen molar-refractivity contribution in [2.75, 3.05) is 14.6 Å². The monoisotopic (exact) mass is 1010 g/mol. The van der Waals surface area contributed by atoms with E-state index in [0.717, 1.165) is 56.1 Å². The smallest absolute Gasteiger partial charge is 0.333 e. The number of hydrogen-bond donors (Lipinski definition) is 0. The van der Waals surface area contributed by atoms with Crippen LogP contribution in [0.15, 0.2) is 217 Å². The quantitative estimate of drug-likeness (QED) is 0.164. The van der Waals surface area contributed by atoms with Crippen LogP contribution in [0.1, 0.15) is 101 Å². The van der Waals surface area contributed by atoms with Gasteiger partial charge in [-0.05, 0) is 150 Å². The predicted molar refractivity (Wildman–Crippen MR) is 329 cm³/mol. The Kier molecular flexibility index (Phi) is 9.74. The van der Waals surface area contributed by atoms with E-state index in [4.69, 9.17) is 4.42 Å². The number of nitrogens with zero attached hydrogens (tertiary/aromatic N) is 3. The lowest BCUT2D eigenvalue weighted by molar-refractivity contribution is 0.590. The Morgan fingerprint density at radius 1 is 0.410 bits per heavy atom. The first kappa shape index (κ1) is 46.7. The van der Waals surface area contributed by atoms with Gasteiger partial charge in [-0.1, -0.05) is 208 Å². The van der Waals surface area contributed by atoms with E-state index in [9.17, 15) is 0 Å². The first-order chi connectivity index (χ1) is 37.6. The van der Waals surface area contributed by atoms with E-state index in [1.165, 1.54) is 83.5 Å². The molecule has 78 heavy (non-hydrogen) atoms. The van der Waals surface area contributed by atoms with Crippen LogP contribution in [-0.2, 0) is 21.7 Å². The molecule has 4 nitrogen and oxygen atoms in total. The van der Waals surface area contributed by atoms with Crippen LogP contribution in [0.3, 0.4) is 0 Å². The van der Waals surface area contributed by atoms with E-state index >= 15 is 0 Å². The Bertz CT molecular complexity index is 4180. The van der Waals surface area contributed by atoms with E-state index in [1.807, 2.05) is 0 Å². The van der Waals surface area contributed by atoms with Gasteiger partial charge in [0.15, 0.2) is 5.58 Å². The van der Waals surface area contributed by atoms with Gasteiger partial charge in [0.25, 0.3) is 0 Å². The van der Waals surface area contributed by atoms with Crippen LogP contribution < -0.4 is 25.5 Å². The average molecular weight is 1010 g/mol. The van der Waals surface area contributed by atoms with Gasteiger partial charge < -0.3 is 19.0 Å². The molecule has 15 rings (SSSR count). The Morgan fingerprint density at radius 2 is 0.936 bits per heavy atom. The van der Waals surface area contributed by atoms with E-state index in [0.29, 0.717) is 0 Å². The molecule has 0 atom stereocenters. The van der Waals surface area contributed by atoms with Gasteiger partial charge in [0, 0.05) is 50.5 Å². The molecule has 4 heterocycles. The van der Waals surface area contributed by atoms with Gasteiger partial charge in [-0.2, -0.15) is 0 Å².